The molecule has 4 rings (SSSR count). The lowest BCUT2D eigenvalue weighted by molar-refractivity contribution is -0.118. The van der Waals surface area contributed by atoms with E-state index in [4.69, 9.17) is 21.7 Å². The molecule has 0 fully saturated rings. The largest absolute Gasteiger partial charge is 0.493 e. The zero-order valence-corrected chi connectivity index (χ0v) is 17.9. The summed E-state index contributed by atoms with van der Waals surface area (Å²) in [4.78, 5) is 24.8. The zero-order valence-electron chi connectivity index (χ0n) is 17.1. The Morgan fingerprint density at radius 2 is 1.97 bits per heavy atom. The number of amides is 1. The minimum absolute atomic E-state index is 0.116. The monoisotopic (exact) mass is 437 g/mol. The summed E-state index contributed by atoms with van der Waals surface area (Å²) in [5, 5.41) is 9.58. The molecule has 8 heteroatoms. The van der Waals surface area contributed by atoms with Crippen LogP contribution >= 0.6 is 12.2 Å². The normalized spacial score (nSPS) is 17.9. The maximum absolute atomic E-state index is 12.6. The Kier molecular flexibility index (Phi) is 6.18. The van der Waals surface area contributed by atoms with Crippen molar-refractivity contribution in [2.75, 3.05) is 19.0 Å². The van der Waals surface area contributed by atoms with Gasteiger partial charge in [0.2, 0.25) is 0 Å². The van der Waals surface area contributed by atoms with Crippen LogP contribution in [0.1, 0.15) is 30.9 Å². The Hall–Kier alpha value is -3.39. The molecule has 1 aliphatic carbocycles. The van der Waals surface area contributed by atoms with Crippen LogP contribution in [0.15, 0.2) is 59.8 Å². The van der Waals surface area contributed by atoms with Gasteiger partial charge in [0, 0.05) is 23.4 Å². The van der Waals surface area contributed by atoms with Crippen LogP contribution in [0.2, 0.25) is 0 Å². The lowest BCUT2D eigenvalue weighted by Gasteiger charge is -2.34. The average Bonchev–Trinajstić information content (AvgIpc) is 2.77. The van der Waals surface area contributed by atoms with E-state index in [9.17, 15) is 9.59 Å². The third-order valence-electron chi connectivity index (χ3n) is 5.22. The van der Waals surface area contributed by atoms with Crippen LogP contribution in [-0.4, -0.2) is 30.5 Å². The average molecular weight is 438 g/mol. The van der Waals surface area contributed by atoms with E-state index in [0.717, 1.165) is 29.7 Å². The topological polar surface area (TPSA) is 88.7 Å². The molecule has 2 aromatic rings. The molecule has 0 saturated heterocycles. The number of rotatable bonds is 6. The quantitative estimate of drug-likeness (QED) is 0.598. The standard InChI is InChI=1S/C23H23N3O4S/c1-29-19-12-14(22-21-16(25-23(31)26-22)8-5-9-17(21)27)10-11-18(19)30-13-20(28)24-15-6-3-2-4-7-15/h2-4,6-7,10-12,22H,5,8-9,13H2,1H3,(H,24,28)(H2,25,26,31). The van der Waals surface area contributed by atoms with Gasteiger partial charge in [-0.1, -0.05) is 24.3 Å². The maximum Gasteiger partial charge on any atom is 0.262 e. The summed E-state index contributed by atoms with van der Waals surface area (Å²) in [6.07, 6.45) is 2.15. The lowest BCUT2D eigenvalue weighted by atomic mass is 9.85. The van der Waals surface area contributed by atoms with E-state index in [0.29, 0.717) is 28.7 Å². The minimum Gasteiger partial charge on any atom is -0.493 e. The maximum atomic E-state index is 12.6. The molecule has 1 atom stereocenters. The Morgan fingerprint density at radius 3 is 2.74 bits per heavy atom. The summed E-state index contributed by atoms with van der Waals surface area (Å²) in [5.74, 6) is 0.757. The number of carbonyl (C=O) groups is 2. The molecular weight excluding hydrogens is 414 g/mol. The fraction of sp³-hybridized carbons (Fsp3) is 0.261. The molecule has 7 nitrogen and oxygen atoms in total. The lowest BCUT2D eigenvalue weighted by Crippen LogP contribution is -2.46. The molecule has 3 N–H and O–H groups in total. The van der Waals surface area contributed by atoms with Gasteiger partial charge in [-0.15, -0.1) is 0 Å². The number of nitrogens with one attached hydrogen (secondary N) is 3. The highest BCUT2D eigenvalue weighted by atomic mass is 32.1. The second-order valence-electron chi connectivity index (χ2n) is 7.31. The van der Waals surface area contributed by atoms with Gasteiger partial charge in [0.15, 0.2) is 29.0 Å². The van der Waals surface area contributed by atoms with Gasteiger partial charge in [-0.3, -0.25) is 9.59 Å². The number of hydrogen-bond acceptors (Lipinski definition) is 5. The Labute approximate surface area is 185 Å². The summed E-state index contributed by atoms with van der Waals surface area (Å²) in [5.41, 5.74) is 3.15. The molecule has 2 aromatic carbocycles. The van der Waals surface area contributed by atoms with Crippen molar-refractivity contribution < 1.29 is 19.1 Å². The molecule has 1 unspecified atom stereocenters. The first kappa shape index (κ1) is 20.9. The van der Waals surface area contributed by atoms with Crippen molar-refractivity contribution in [2.45, 2.75) is 25.3 Å². The SMILES string of the molecule is COc1cc(C2NC(=S)NC3=C2C(=O)CCC3)ccc1OCC(=O)Nc1ccccc1. The number of ketones is 1. The fourth-order valence-electron chi connectivity index (χ4n) is 3.80. The van der Waals surface area contributed by atoms with E-state index in [-0.39, 0.29) is 24.3 Å². The smallest absolute Gasteiger partial charge is 0.262 e. The number of hydrogen-bond donors (Lipinski definition) is 3. The van der Waals surface area contributed by atoms with Crippen LogP contribution in [0.3, 0.4) is 0 Å². The van der Waals surface area contributed by atoms with Gasteiger partial charge < -0.3 is 25.4 Å². The van der Waals surface area contributed by atoms with Crippen molar-refractivity contribution in [1.82, 2.24) is 10.6 Å². The predicted octanol–water partition coefficient (Wildman–Crippen LogP) is 3.24. The van der Waals surface area contributed by atoms with E-state index in [1.54, 1.807) is 18.2 Å². The van der Waals surface area contributed by atoms with Gasteiger partial charge >= 0.3 is 0 Å². The van der Waals surface area contributed by atoms with E-state index in [1.807, 2.05) is 30.3 Å². The van der Waals surface area contributed by atoms with Crippen LogP contribution in [-0.2, 0) is 9.59 Å². The molecule has 0 radical (unpaired) electrons. The number of anilines is 1. The van der Waals surface area contributed by atoms with Crippen LogP contribution in [0.4, 0.5) is 5.69 Å². The number of benzene rings is 2. The highest BCUT2D eigenvalue weighted by Crippen LogP contribution is 2.37. The number of Topliss-reactive ketones (excluding diaryl/α,β-unsaturated/α-hetero) is 1. The van der Waals surface area contributed by atoms with Crippen LogP contribution in [0, 0.1) is 0 Å². The summed E-state index contributed by atoms with van der Waals surface area (Å²) in [6, 6.07) is 14.2. The van der Waals surface area contributed by atoms with Crippen LogP contribution < -0.4 is 25.4 Å². The summed E-state index contributed by atoms with van der Waals surface area (Å²) >= 11 is 5.33. The van der Waals surface area contributed by atoms with Crippen molar-refractivity contribution >= 4 is 34.7 Å². The second-order valence-corrected chi connectivity index (χ2v) is 7.72. The molecule has 0 saturated carbocycles. The van der Waals surface area contributed by atoms with E-state index in [1.165, 1.54) is 7.11 Å². The third kappa shape index (κ3) is 4.69. The first-order chi connectivity index (χ1) is 15.0. The first-order valence-electron chi connectivity index (χ1n) is 10.0. The van der Waals surface area contributed by atoms with Gasteiger partial charge in [-0.25, -0.2) is 0 Å². The Bertz CT molecular complexity index is 1050. The van der Waals surface area contributed by atoms with Crippen LogP contribution in [0.5, 0.6) is 11.5 Å². The molecule has 1 amide bonds. The van der Waals surface area contributed by atoms with Gasteiger partial charge in [-0.2, -0.15) is 0 Å². The molecule has 1 heterocycles. The van der Waals surface area contributed by atoms with E-state index < -0.39 is 0 Å². The molecule has 0 bridgehead atoms. The van der Waals surface area contributed by atoms with E-state index >= 15 is 0 Å². The summed E-state index contributed by atoms with van der Waals surface area (Å²) < 4.78 is 11.2. The molecule has 1 aliphatic heterocycles. The molecule has 31 heavy (non-hydrogen) atoms. The van der Waals surface area contributed by atoms with Crippen molar-refractivity contribution in [3.63, 3.8) is 0 Å². The minimum atomic E-state index is -0.346. The molecule has 2 aliphatic rings. The highest BCUT2D eigenvalue weighted by Gasteiger charge is 2.33. The van der Waals surface area contributed by atoms with Crippen molar-refractivity contribution in [3.05, 3.63) is 65.4 Å². The van der Waals surface area contributed by atoms with Crippen molar-refractivity contribution in [1.29, 1.82) is 0 Å². The number of para-hydroxylation sites is 1. The van der Waals surface area contributed by atoms with Crippen molar-refractivity contribution in [3.8, 4) is 11.5 Å². The Balaban J connectivity index is 1.51. The number of methoxy groups -OCH3 is 1. The van der Waals surface area contributed by atoms with Gasteiger partial charge in [0.05, 0.1) is 13.2 Å². The van der Waals surface area contributed by atoms with Gasteiger partial charge in [0.25, 0.3) is 5.91 Å². The van der Waals surface area contributed by atoms with Crippen LogP contribution in [0.25, 0.3) is 0 Å². The Morgan fingerprint density at radius 1 is 1.16 bits per heavy atom. The predicted molar refractivity (Wildman–Crippen MR) is 121 cm³/mol. The number of thiocarbonyl (C=S) groups is 1. The van der Waals surface area contributed by atoms with Crippen molar-refractivity contribution in [2.24, 2.45) is 0 Å². The second kappa shape index (κ2) is 9.18. The number of ether oxygens (including phenoxy) is 2. The highest BCUT2D eigenvalue weighted by molar-refractivity contribution is 7.80. The summed E-state index contributed by atoms with van der Waals surface area (Å²) in [7, 11) is 1.53. The van der Waals surface area contributed by atoms with Gasteiger partial charge in [-0.05, 0) is 54.9 Å². The van der Waals surface area contributed by atoms with Gasteiger partial charge in [0.1, 0.15) is 0 Å². The molecule has 0 spiro atoms. The fourth-order valence-corrected chi connectivity index (χ4v) is 4.04. The summed E-state index contributed by atoms with van der Waals surface area (Å²) in [6.45, 7) is -0.159. The number of allylic oxidation sites excluding steroid dienone is 1. The molecular formula is C23H23N3O4S. The third-order valence-corrected chi connectivity index (χ3v) is 5.44. The molecule has 0 aromatic heterocycles. The van der Waals surface area contributed by atoms with E-state index in [2.05, 4.69) is 16.0 Å². The molecule has 160 valence electrons. The zero-order chi connectivity index (χ0) is 21.8. The first-order valence-corrected chi connectivity index (χ1v) is 10.5. The number of carbonyl (C=O) groups excluding carboxylic acids is 2.